The lowest BCUT2D eigenvalue weighted by atomic mass is 9.85. The number of piperidine rings is 1. The Hall–Kier alpha value is -5.19. The SMILES string of the molecule is [2H]C1([2H])N(CC2CCC(n3cc(-c4cnc(N)c(O[C@H](C)c5c(Cl)ccc(F)c5Cl)c4)cn3)CC2)C([2H])([2H])C([2H])([2H])N(c2cc3c(c(F)c2F)C(=O)N(C2CCC(=O)NC2=O)C3=O)C1([2H])[2H]. The number of rotatable bonds is 9. The largest absolute Gasteiger partial charge is 0.482 e. The van der Waals surface area contributed by atoms with E-state index in [-0.39, 0.29) is 51.0 Å². The van der Waals surface area contributed by atoms with Crippen molar-refractivity contribution < 1.29 is 48.1 Å². The first-order chi connectivity index (χ1) is 30.8. The number of amides is 4. The van der Waals surface area contributed by atoms with Crippen molar-refractivity contribution in [1.82, 2.24) is 29.9 Å². The maximum absolute atomic E-state index is 16.1. The van der Waals surface area contributed by atoms with Gasteiger partial charge < -0.3 is 15.4 Å². The van der Waals surface area contributed by atoms with Gasteiger partial charge in [-0.15, -0.1) is 0 Å². The summed E-state index contributed by atoms with van der Waals surface area (Å²) in [6, 6.07) is 2.79. The van der Waals surface area contributed by atoms with Crippen molar-refractivity contribution in [3.05, 3.63) is 87.0 Å². The molecule has 2 atom stereocenters. The zero-order valence-electron chi connectivity index (χ0n) is 38.5. The van der Waals surface area contributed by atoms with Gasteiger partial charge in [0.2, 0.25) is 11.8 Å². The van der Waals surface area contributed by atoms with Crippen molar-refractivity contribution in [1.29, 1.82) is 0 Å². The zero-order chi connectivity index (χ0) is 48.2. The van der Waals surface area contributed by atoms with Gasteiger partial charge in [0.25, 0.3) is 11.8 Å². The average molecular weight is 848 g/mol. The molecular formula is C40H39Cl2F3N8O5. The van der Waals surface area contributed by atoms with Crippen LogP contribution in [0.3, 0.4) is 0 Å². The molecule has 2 saturated heterocycles. The number of benzene rings is 2. The van der Waals surface area contributed by atoms with Gasteiger partial charge in [-0.2, -0.15) is 5.10 Å². The summed E-state index contributed by atoms with van der Waals surface area (Å²) < 4.78 is 125. The standard InChI is InChI=1S/C40H39Cl2F3N8O5/c1-20(32-26(41)6-7-27(43)34(32)42)58-30-14-22(16-47-37(30)46)23-17-48-52(19-23)24-4-2-21(3-5-24)18-50-10-12-51(13-11-50)29-15-25-33(36(45)35(29)44)40(57)53(39(25)56)28-8-9-31(54)49-38(28)55/h6-7,14-17,19-21,24,28H,2-5,8-13,18H2,1H3,(H2,46,47)(H,49,54,55)/t20-,21?,24?,28?/m1/s1/i10D2,11D2,12D2,13D2. The first kappa shape index (κ1) is 30.8. The number of nitrogens with one attached hydrogen (secondary N) is 1. The van der Waals surface area contributed by atoms with Crippen LogP contribution in [0.4, 0.5) is 24.7 Å². The number of hydrogen-bond donors (Lipinski definition) is 2. The van der Waals surface area contributed by atoms with Crippen LogP contribution in [-0.2, 0) is 9.59 Å². The summed E-state index contributed by atoms with van der Waals surface area (Å²) in [5.41, 5.74) is 4.11. The van der Waals surface area contributed by atoms with E-state index in [1.807, 2.05) is 5.32 Å². The molecule has 3 N–H and O–H groups in total. The Labute approximate surface area is 352 Å². The summed E-state index contributed by atoms with van der Waals surface area (Å²) in [6.45, 7) is -13.1. The highest BCUT2D eigenvalue weighted by molar-refractivity contribution is 6.36. The number of hydrogen-bond acceptors (Lipinski definition) is 10. The highest BCUT2D eigenvalue weighted by atomic mass is 35.5. The van der Waals surface area contributed by atoms with E-state index in [1.54, 1.807) is 30.1 Å². The average Bonchev–Trinajstić information content (AvgIpc) is 3.83. The Bertz CT molecular complexity index is 2680. The molecule has 2 aromatic heterocycles. The number of anilines is 2. The molecule has 1 unspecified atom stereocenters. The van der Waals surface area contributed by atoms with Crippen LogP contribution in [0.1, 0.15) is 94.8 Å². The number of nitrogen functional groups attached to an aromatic ring is 1. The van der Waals surface area contributed by atoms with Crippen molar-refractivity contribution in [2.24, 2.45) is 5.92 Å². The van der Waals surface area contributed by atoms with E-state index in [0.717, 1.165) is 6.07 Å². The molecule has 58 heavy (non-hydrogen) atoms. The second kappa shape index (κ2) is 15.9. The molecule has 8 rings (SSSR count). The molecule has 0 bridgehead atoms. The summed E-state index contributed by atoms with van der Waals surface area (Å²) in [4.78, 5) is 55.8. The monoisotopic (exact) mass is 846 g/mol. The van der Waals surface area contributed by atoms with Crippen LogP contribution in [0.15, 0.2) is 42.9 Å². The van der Waals surface area contributed by atoms with Crippen LogP contribution in [-0.4, -0.2) is 86.8 Å². The Kier molecular flexibility index (Phi) is 8.43. The molecule has 3 fully saturated rings. The van der Waals surface area contributed by atoms with E-state index in [4.69, 9.17) is 44.6 Å². The number of carbonyl (C=O) groups excluding carboxylic acids is 4. The minimum atomic E-state index is -3.67. The molecule has 0 spiro atoms. The Morgan fingerprint density at radius 1 is 0.966 bits per heavy atom. The molecule has 4 aliphatic rings. The number of piperazine rings is 1. The zero-order valence-corrected chi connectivity index (χ0v) is 32.0. The maximum atomic E-state index is 16.1. The summed E-state index contributed by atoms with van der Waals surface area (Å²) in [5, 5.41) is 6.48. The molecule has 5 heterocycles. The second-order valence-corrected chi connectivity index (χ2v) is 15.1. The van der Waals surface area contributed by atoms with Crippen LogP contribution < -0.4 is 20.7 Å². The van der Waals surface area contributed by atoms with E-state index in [2.05, 4.69) is 10.1 Å². The second-order valence-electron chi connectivity index (χ2n) is 14.3. The highest BCUT2D eigenvalue weighted by Crippen LogP contribution is 2.39. The van der Waals surface area contributed by atoms with E-state index in [9.17, 15) is 23.6 Å². The number of nitrogens with zero attached hydrogens (tertiary/aromatic N) is 6. The molecular weight excluding hydrogens is 800 g/mol. The van der Waals surface area contributed by atoms with Crippen LogP contribution >= 0.6 is 23.2 Å². The summed E-state index contributed by atoms with van der Waals surface area (Å²) in [5.74, 6) is -9.58. The number of carbonyl (C=O) groups is 4. The number of ether oxygens (including phenoxy) is 1. The van der Waals surface area contributed by atoms with Crippen LogP contribution in [0.5, 0.6) is 5.75 Å². The van der Waals surface area contributed by atoms with Gasteiger partial charge in [-0.05, 0) is 69.2 Å². The predicted molar refractivity (Wildman–Crippen MR) is 208 cm³/mol. The van der Waals surface area contributed by atoms with E-state index < -0.39 is 108 Å². The fourth-order valence-corrected chi connectivity index (χ4v) is 8.28. The van der Waals surface area contributed by atoms with Gasteiger partial charge in [0.15, 0.2) is 23.2 Å². The molecule has 4 amide bonds. The highest BCUT2D eigenvalue weighted by Gasteiger charge is 2.47. The third-order valence-electron chi connectivity index (χ3n) is 10.7. The van der Waals surface area contributed by atoms with Gasteiger partial charge in [0.05, 0.1) is 39.6 Å². The Morgan fingerprint density at radius 3 is 2.43 bits per heavy atom. The third-order valence-corrected chi connectivity index (χ3v) is 11.4. The number of nitrogens with two attached hydrogens (primary N) is 1. The predicted octanol–water partition coefficient (Wildman–Crippen LogP) is 6.35. The van der Waals surface area contributed by atoms with Gasteiger partial charge in [0, 0.05) is 78.5 Å². The van der Waals surface area contributed by atoms with Gasteiger partial charge in [-0.25, -0.2) is 18.2 Å². The van der Waals surface area contributed by atoms with Crippen molar-refractivity contribution in [2.45, 2.75) is 63.6 Å². The number of fused-ring (bicyclic) bond motifs is 1. The molecule has 304 valence electrons. The molecule has 13 nitrogen and oxygen atoms in total. The fraction of sp³-hybridized carbons (Fsp3) is 0.400. The van der Waals surface area contributed by atoms with Gasteiger partial charge in [-0.3, -0.25) is 39.0 Å². The van der Waals surface area contributed by atoms with Crippen LogP contribution in [0.25, 0.3) is 11.1 Å². The van der Waals surface area contributed by atoms with E-state index in [1.165, 1.54) is 12.3 Å². The number of aromatic nitrogens is 3. The quantitative estimate of drug-likeness (QED) is 0.144. The Morgan fingerprint density at radius 2 is 1.71 bits per heavy atom. The van der Waals surface area contributed by atoms with E-state index >= 15 is 8.78 Å². The minimum absolute atomic E-state index is 0.0508. The number of imide groups is 2. The summed E-state index contributed by atoms with van der Waals surface area (Å²) >= 11 is 12.5. The number of pyridine rings is 1. The van der Waals surface area contributed by atoms with Crippen molar-refractivity contribution in [3.8, 4) is 16.9 Å². The van der Waals surface area contributed by atoms with Crippen molar-refractivity contribution in [2.75, 3.05) is 43.2 Å². The van der Waals surface area contributed by atoms with Gasteiger partial charge in [0.1, 0.15) is 18.0 Å². The lowest BCUT2D eigenvalue weighted by Crippen LogP contribution is -2.54. The summed E-state index contributed by atoms with van der Waals surface area (Å²) in [6.07, 6.45) is 5.01. The smallest absolute Gasteiger partial charge is 0.265 e. The first-order valence-electron chi connectivity index (χ1n) is 22.2. The molecule has 18 heteroatoms. The van der Waals surface area contributed by atoms with Gasteiger partial charge in [-0.1, -0.05) is 23.2 Å². The molecule has 2 aromatic carbocycles. The minimum Gasteiger partial charge on any atom is -0.482 e. The molecule has 1 saturated carbocycles. The van der Waals surface area contributed by atoms with Gasteiger partial charge >= 0.3 is 0 Å². The molecule has 0 radical (unpaired) electrons. The van der Waals surface area contributed by atoms with E-state index in [0.29, 0.717) is 52.7 Å². The number of halogens is 5. The van der Waals surface area contributed by atoms with Crippen LogP contribution in [0.2, 0.25) is 10.0 Å². The fourth-order valence-electron chi connectivity index (χ4n) is 7.60. The molecule has 4 aromatic rings. The molecule has 1 aliphatic carbocycles. The normalized spacial score (nSPS) is 27.5. The van der Waals surface area contributed by atoms with Crippen LogP contribution in [0, 0.1) is 23.4 Å². The lowest BCUT2D eigenvalue weighted by molar-refractivity contribution is -0.136. The lowest BCUT2D eigenvalue weighted by Gasteiger charge is -2.39. The third kappa shape index (κ3) is 7.37. The first-order valence-corrected chi connectivity index (χ1v) is 19.0. The summed E-state index contributed by atoms with van der Waals surface area (Å²) in [7, 11) is 0. The topological polar surface area (TPSA) is 156 Å². The van der Waals surface area contributed by atoms with Crippen molar-refractivity contribution in [3.63, 3.8) is 0 Å². The molecule has 3 aliphatic heterocycles. The maximum Gasteiger partial charge on any atom is 0.265 e. The van der Waals surface area contributed by atoms with Crippen molar-refractivity contribution >= 4 is 58.3 Å². The Balaban J connectivity index is 0.982.